The Kier molecular flexibility index (Phi) is 4.53. The van der Waals surface area contributed by atoms with Crippen LogP contribution in [0.3, 0.4) is 0 Å². The van der Waals surface area contributed by atoms with Gasteiger partial charge in [-0.15, -0.1) is 0 Å². The zero-order valence-corrected chi connectivity index (χ0v) is 9.69. The van der Waals surface area contributed by atoms with Crippen molar-refractivity contribution in [1.82, 2.24) is 5.32 Å². The smallest absolute Gasteiger partial charge is 0.156 e. The Balaban J connectivity index is 2.58. The van der Waals surface area contributed by atoms with E-state index in [1.807, 2.05) is 6.26 Å². The fourth-order valence-corrected chi connectivity index (χ4v) is 1.62. The van der Waals surface area contributed by atoms with Crippen molar-refractivity contribution in [1.29, 1.82) is 0 Å². The number of rotatable bonds is 2. The SMILES string of the molecule is CN=C(NCc1ccccc1C)SC. The summed E-state index contributed by atoms with van der Waals surface area (Å²) in [7, 11) is 1.80. The lowest BCUT2D eigenvalue weighted by Gasteiger charge is -2.08. The average Bonchev–Trinajstić information content (AvgIpc) is 2.22. The van der Waals surface area contributed by atoms with E-state index < -0.39 is 0 Å². The molecule has 14 heavy (non-hydrogen) atoms. The molecule has 0 saturated carbocycles. The van der Waals surface area contributed by atoms with Crippen LogP contribution >= 0.6 is 11.8 Å². The third-order valence-electron chi connectivity index (χ3n) is 2.09. The van der Waals surface area contributed by atoms with Crippen LogP contribution in [0.1, 0.15) is 11.1 Å². The van der Waals surface area contributed by atoms with Crippen LogP contribution in [0, 0.1) is 6.92 Å². The van der Waals surface area contributed by atoms with Crippen molar-refractivity contribution in [3.63, 3.8) is 0 Å². The number of nitrogens with zero attached hydrogens (tertiary/aromatic N) is 1. The predicted octanol–water partition coefficient (Wildman–Crippen LogP) is 2.43. The van der Waals surface area contributed by atoms with E-state index in [0.29, 0.717) is 0 Å². The van der Waals surface area contributed by atoms with Gasteiger partial charge in [-0.25, -0.2) is 0 Å². The second kappa shape index (κ2) is 5.70. The lowest BCUT2D eigenvalue weighted by Crippen LogP contribution is -2.19. The summed E-state index contributed by atoms with van der Waals surface area (Å²) in [6, 6.07) is 8.38. The lowest BCUT2D eigenvalue weighted by molar-refractivity contribution is 0.915. The normalized spacial score (nSPS) is 11.5. The van der Waals surface area contributed by atoms with E-state index >= 15 is 0 Å². The third kappa shape index (κ3) is 3.07. The third-order valence-corrected chi connectivity index (χ3v) is 2.80. The average molecular weight is 208 g/mol. The first-order valence-electron chi connectivity index (χ1n) is 4.57. The molecule has 0 aliphatic heterocycles. The minimum atomic E-state index is 0.847. The molecule has 1 rings (SSSR count). The van der Waals surface area contributed by atoms with Gasteiger partial charge in [0.15, 0.2) is 5.17 Å². The van der Waals surface area contributed by atoms with E-state index in [2.05, 4.69) is 41.5 Å². The maximum atomic E-state index is 4.12. The van der Waals surface area contributed by atoms with Crippen LogP contribution in [0.15, 0.2) is 29.3 Å². The van der Waals surface area contributed by atoms with Crippen molar-refractivity contribution < 1.29 is 0 Å². The van der Waals surface area contributed by atoms with Crippen molar-refractivity contribution in [2.75, 3.05) is 13.3 Å². The zero-order chi connectivity index (χ0) is 10.4. The van der Waals surface area contributed by atoms with Gasteiger partial charge >= 0.3 is 0 Å². The molecule has 1 aromatic rings. The van der Waals surface area contributed by atoms with Crippen molar-refractivity contribution in [2.24, 2.45) is 4.99 Å². The predicted molar refractivity (Wildman–Crippen MR) is 64.9 cm³/mol. The van der Waals surface area contributed by atoms with Crippen molar-refractivity contribution in [2.45, 2.75) is 13.5 Å². The highest BCUT2D eigenvalue weighted by molar-refractivity contribution is 8.13. The molecule has 0 spiro atoms. The Bertz CT molecular complexity index is 321. The molecular weight excluding hydrogens is 192 g/mol. The van der Waals surface area contributed by atoms with Crippen LogP contribution in [0.5, 0.6) is 0 Å². The molecule has 0 unspecified atom stereocenters. The van der Waals surface area contributed by atoms with Crippen LogP contribution in [-0.2, 0) is 6.54 Å². The summed E-state index contributed by atoms with van der Waals surface area (Å²) in [5, 5.41) is 4.27. The second-order valence-corrected chi connectivity index (χ2v) is 3.81. The highest BCUT2D eigenvalue weighted by atomic mass is 32.2. The minimum Gasteiger partial charge on any atom is -0.361 e. The number of hydrogen-bond acceptors (Lipinski definition) is 2. The number of thioether (sulfide) groups is 1. The quantitative estimate of drug-likeness (QED) is 0.596. The van der Waals surface area contributed by atoms with Crippen molar-refractivity contribution in [3.8, 4) is 0 Å². The fraction of sp³-hybridized carbons (Fsp3) is 0.364. The molecule has 0 amide bonds. The number of hydrogen-bond donors (Lipinski definition) is 1. The Morgan fingerprint density at radius 3 is 2.71 bits per heavy atom. The zero-order valence-electron chi connectivity index (χ0n) is 8.87. The molecule has 76 valence electrons. The summed E-state index contributed by atoms with van der Waals surface area (Å²) in [4.78, 5) is 4.12. The van der Waals surface area contributed by atoms with Crippen LogP contribution < -0.4 is 5.32 Å². The molecule has 0 radical (unpaired) electrons. The van der Waals surface area contributed by atoms with Crippen molar-refractivity contribution >= 4 is 16.9 Å². The number of benzene rings is 1. The first kappa shape index (κ1) is 11.1. The molecule has 2 nitrogen and oxygen atoms in total. The molecule has 0 atom stereocenters. The van der Waals surface area contributed by atoms with E-state index in [1.165, 1.54) is 11.1 Å². The molecule has 0 fully saturated rings. The Labute approximate surface area is 89.8 Å². The van der Waals surface area contributed by atoms with Crippen LogP contribution in [-0.4, -0.2) is 18.5 Å². The molecule has 0 aliphatic carbocycles. The van der Waals surface area contributed by atoms with Gasteiger partial charge in [0.2, 0.25) is 0 Å². The maximum absolute atomic E-state index is 4.12. The summed E-state index contributed by atoms with van der Waals surface area (Å²) < 4.78 is 0. The van der Waals surface area contributed by atoms with Crippen LogP contribution in [0.2, 0.25) is 0 Å². The number of aryl methyl sites for hydroxylation is 1. The molecule has 3 heteroatoms. The van der Waals surface area contributed by atoms with Crippen molar-refractivity contribution in [3.05, 3.63) is 35.4 Å². The van der Waals surface area contributed by atoms with Gasteiger partial charge in [-0.2, -0.15) is 0 Å². The van der Waals surface area contributed by atoms with Gasteiger partial charge in [0.05, 0.1) is 0 Å². The first-order valence-corrected chi connectivity index (χ1v) is 5.79. The van der Waals surface area contributed by atoms with Gasteiger partial charge in [-0.1, -0.05) is 36.0 Å². The number of amidine groups is 1. The largest absolute Gasteiger partial charge is 0.361 e. The number of aliphatic imine (C=N–C) groups is 1. The van der Waals surface area contributed by atoms with Gasteiger partial charge in [0, 0.05) is 13.6 Å². The molecular formula is C11H16N2S. The summed E-state index contributed by atoms with van der Waals surface area (Å²) in [5.41, 5.74) is 2.64. The molecule has 0 bridgehead atoms. The standard InChI is InChI=1S/C11H16N2S/c1-9-6-4-5-7-10(9)8-13-11(12-2)14-3/h4-7H,8H2,1-3H3,(H,12,13). The molecule has 0 saturated heterocycles. The van der Waals surface area contributed by atoms with Gasteiger partial charge < -0.3 is 5.32 Å². The van der Waals surface area contributed by atoms with Crippen LogP contribution in [0.4, 0.5) is 0 Å². The Morgan fingerprint density at radius 1 is 1.43 bits per heavy atom. The monoisotopic (exact) mass is 208 g/mol. The Hall–Kier alpha value is -0.960. The van der Waals surface area contributed by atoms with Gasteiger partial charge in [-0.05, 0) is 24.3 Å². The highest BCUT2D eigenvalue weighted by Gasteiger charge is 1.98. The van der Waals surface area contributed by atoms with E-state index in [0.717, 1.165) is 11.7 Å². The summed E-state index contributed by atoms with van der Waals surface area (Å²) >= 11 is 1.63. The van der Waals surface area contributed by atoms with E-state index in [1.54, 1.807) is 18.8 Å². The molecule has 0 aromatic heterocycles. The van der Waals surface area contributed by atoms with Gasteiger partial charge in [0.1, 0.15) is 0 Å². The van der Waals surface area contributed by atoms with E-state index in [-0.39, 0.29) is 0 Å². The molecule has 0 heterocycles. The molecule has 1 N–H and O–H groups in total. The number of nitrogens with one attached hydrogen (secondary N) is 1. The lowest BCUT2D eigenvalue weighted by atomic mass is 10.1. The second-order valence-electron chi connectivity index (χ2n) is 3.01. The first-order chi connectivity index (χ1) is 6.77. The molecule has 1 aromatic carbocycles. The minimum absolute atomic E-state index is 0.847. The summed E-state index contributed by atoms with van der Waals surface area (Å²) in [6.07, 6.45) is 2.02. The summed E-state index contributed by atoms with van der Waals surface area (Å²) in [5.74, 6) is 0. The fourth-order valence-electron chi connectivity index (χ4n) is 1.22. The van der Waals surface area contributed by atoms with Gasteiger partial charge in [-0.3, -0.25) is 4.99 Å². The van der Waals surface area contributed by atoms with Crippen LogP contribution in [0.25, 0.3) is 0 Å². The highest BCUT2D eigenvalue weighted by Crippen LogP contribution is 2.06. The summed E-state index contributed by atoms with van der Waals surface area (Å²) in [6.45, 7) is 2.97. The Morgan fingerprint density at radius 2 is 2.14 bits per heavy atom. The maximum Gasteiger partial charge on any atom is 0.156 e. The topological polar surface area (TPSA) is 24.4 Å². The van der Waals surface area contributed by atoms with Gasteiger partial charge in [0.25, 0.3) is 0 Å². The van der Waals surface area contributed by atoms with E-state index in [4.69, 9.17) is 0 Å². The van der Waals surface area contributed by atoms with E-state index in [9.17, 15) is 0 Å². The molecule has 0 aliphatic rings.